The summed E-state index contributed by atoms with van der Waals surface area (Å²) < 4.78 is 11.2. The molecule has 0 radical (unpaired) electrons. The smallest absolute Gasteiger partial charge is 0.290 e. The largest absolute Gasteiger partial charge is 0.451 e. The first-order chi connectivity index (χ1) is 11.8. The molecule has 0 spiro atoms. The van der Waals surface area contributed by atoms with Gasteiger partial charge in [0.05, 0.1) is 6.61 Å². The Labute approximate surface area is 142 Å². The number of piperazine rings is 1. The second-order valence-electron chi connectivity index (χ2n) is 6.78. The highest BCUT2D eigenvalue weighted by Crippen LogP contribution is 2.29. The first kappa shape index (κ1) is 15.7. The van der Waals surface area contributed by atoms with Crippen LogP contribution in [0.5, 0.6) is 0 Å². The molecule has 4 rings (SSSR count). The maximum Gasteiger partial charge on any atom is 0.290 e. The highest BCUT2D eigenvalue weighted by molar-refractivity contribution is 5.99. The van der Waals surface area contributed by atoms with Crippen LogP contribution in [0, 0.1) is 0 Å². The van der Waals surface area contributed by atoms with Crippen LogP contribution in [0.25, 0.3) is 11.0 Å². The number of ether oxygens (including phenoxy) is 1. The van der Waals surface area contributed by atoms with E-state index >= 15 is 0 Å². The molecule has 24 heavy (non-hydrogen) atoms. The first-order valence-corrected chi connectivity index (χ1v) is 8.80. The van der Waals surface area contributed by atoms with Crippen LogP contribution in [0.4, 0.5) is 0 Å². The van der Waals surface area contributed by atoms with Gasteiger partial charge in [-0.3, -0.25) is 9.69 Å². The molecule has 5 nitrogen and oxygen atoms in total. The van der Waals surface area contributed by atoms with Crippen molar-refractivity contribution < 1.29 is 13.9 Å². The summed E-state index contributed by atoms with van der Waals surface area (Å²) in [5.74, 6) is 0.450. The molecule has 5 heteroatoms. The number of furan rings is 1. The van der Waals surface area contributed by atoms with Gasteiger partial charge in [0.2, 0.25) is 0 Å². The van der Waals surface area contributed by atoms with Crippen LogP contribution < -0.4 is 0 Å². The molecule has 1 aromatic carbocycles. The number of nitrogens with zero attached hydrogens (tertiary/aromatic N) is 2. The van der Waals surface area contributed by atoms with Crippen molar-refractivity contribution in [2.45, 2.75) is 31.9 Å². The standard InChI is InChI=1S/C19H24N2O3/c1-23-13-16-15-7-2-3-8-17(15)24-18(16)19(22)21-11-10-20-9-5-4-6-14(20)12-21/h2-3,7-8,14H,4-6,9-13H2,1H3. The molecule has 128 valence electrons. The SMILES string of the molecule is COCc1c(C(=O)N2CCN3CCCCC3C2)oc2ccccc12. The quantitative estimate of drug-likeness (QED) is 0.869. The molecule has 2 aromatic rings. The Morgan fingerprint density at radius 2 is 2.12 bits per heavy atom. The van der Waals surface area contributed by atoms with Gasteiger partial charge in [-0.2, -0.15) is 0 Å². The number of fused-ring (bicyclic) bond motifs is 2. The molecule has 1 unspecified atom stereocenters. The number of amides is 1. The number of hydrogen-bond acceptors (Lipinski definition) is 4. The second kappa shape index (κ2) is 6.57. The summed E-state index contributed by atoms with van der Waals surface area (Å²) in [6.07, 6.45) is 3.74. The lowest BCUT2D eigenvalue weighted by molar-refractivity contribution is 0.0348. The lowest BCUT2D eigenvalue weighted by Crippen LogP contribution is -2.56. The molecule has 0 N–H and O–H groups in total. The minimum absolute atomic E-state index is 0.00322. The summed E-state index contributed by atoms with van der Waals surface area (Å²) in [4.78, 5) is 17.6. The van der Waals surface area contributed by atoms with Gasteiger partial charge in [-0.05, 0) is 25.5 Å². The lowest BCUT2D eigenvalue weighted by atomic mass is 9.99. The van der Waals surface area contributed by atoms with Gasteiger partial charge in [0.25, 0.3) is 5.91 Å². The van der Waals surface area contributed by atoms with Crippen LogP contribution in [0.1, 0.15) is 35.4 Å². The summed E-state index contributed by atoms with van der Waals surface area (Å²) in [6, 6.07) is 8.29. The number of hydrogen-bond donors (Lipinski definition) is 0. The van der Waals surface area contributed by atoms with Crippen LogP contribution in [0.2, 0.25) is 0 Å². The zero-order valence-corrected chi connectivity index (χ0v) is 14.2. The lowest BCUT2D eigenvalue weighted by Gasteiger charge is -2.43. The van der Waals surface area contributed by atoms with E-state index in [0.29, 0.717) is 18.4 Å². The minimum Gasteiger partial charge on any atom is -0.451 e. The van der Waals surface area contributed by atoms with Crippen molar-refractivity contribution in [3.8, 4) is 0 Å². The molecular formula is C19H24N2O3. The number of carbonyl (C=O) groups excluding carboxylic acids is 1. The maximum absolute atomic E-state index is 13.1. The average Bonchev–Trinajstić information content (AvgIpc) is 3.00. The van der Waals surface area contributed by atoms with E-state index < -0.39 is 0 Å². The normalized spacial score (nSPS) is 21.9. The second-order valence-corrected chi connectivity index (χ2v) is 6.78. The van der Waals surface area contributed by atoms with Crippen molar-refractivity contribution >= 4 is 16.9 Å². The van der Waals surface area contributed by atoms with Gasteiger partial charge in [0, 0.05) is 43.7 Å². The van der Waals surface area contributed by atoms with E-state index in [1.54, 1.807) is 7.11 Å². The zero-order chi connectivity index (χ0) is 16.5. The van der Waals surface area contributed by atoms with E-state index in [2.05, 4.69) is 4.90 Å². The van der Waals surface area contributed by atoms with Crippen molar-refractivity contribution in [2.75, 3.05) is 33.3 Å². The molecule has 1 amide bonds. The van der Waals surface area contributed by atoms with Crippen LogP contribution in [-0.4, -0.2) is 55.0 Å². The van der Waals surface area contributed by atoms with E-state index in [4.69, 9.17) is 9.15 Å². The van der Waals surface area contributed by atoms with Crippen molar-refractivity contribution in [2.24, 2.45) is 0 Å². The molecule has 2 saturated heterocycles. The van der Waals surface area contributed by atoms with Gasteiger partial charge in [-0.1, -0.05) is 24.6 Å². The molecule has 2 fully saturated rings. The number of piperidine rings is 1. The third-order valence-corrected chi connectivity index (χ3v) is 5.31. The third-order valence-electron chi connectivity index (χ3n) is 5.31. The molecule has 0 bridgehead atoms. The Balaban J connectivity index is 1.62. The minimum atomic E-state index is 0.00322. The summed E-state index contributed by atoms with van der Waals surface area (Å²) in [5.41, 5.74) is 1.62. The van der Waals surface area contributed by atoms with Gasteiger partial charge in [-0.25, -0.2) is 0 Å². The van der Waals surface area contributed by atoms with E-state index in [9.17, 15) is 4.79 Å². The third kappa shape index (κ3) is 2.72. The molecular weight excluding hydrogens is 304 g/mol. The number of rotatable bonds is 3. The first-order valence-electron chi connectivity index (χ1n) is 8.80. The molecule has 2 aliphatic rings. The van der Waals surface area contributed by atoms with Gasteiger partial charge >= 0.3 is 0 Å². The predicted octanol–water partition coefficient (Wildman–Crippen LogP) is 2.89. The fourth-order valence-corrected chi connectivity index (χ4v) is 4.04. The Hall–Kier alpha value is -1.85. The van der Waals surface area contributed by atoms with Gasteiger partial charge in [0.1, 0.15) is 5.58 Å². The summed E-state index contributed by atoms with van der Waals surface area (Å²) in [5, 5.41) is 0.971. The maximum atomic E-state index is 13.1. The monoisotopic (exact) mass is 328 g/mol. The van der Waals surface area contributed by atoms with E-state index in [1.807, 2.05) is 29.2 Å². The number of carbonyl (C=O) groups is 1. The highest BCUT2D eigenvalue weighted by atomic mass is 16.5. The Bertz CT molecular complexity index is 739. The summed E-state index contributed by atoms with van der Waals surface area (Å²) in [6.45, 7) is 4.12. The van der Waals surface area contributed by atoms with Crippen LogP contribution in [0.3, 0.4) is 0 Å². The Morgan fingerprint density at radius 3 is 3.00 bits per heavy atom. The van der Waals surface area contributed by atoms with E-state index in [1.165, 1.54) is 25.8 Å². The molecule has 0 aliphatic carbocycles. The average molecular weight is 328 g/mol. The molecule has 1 aromatic heterocycles. The Morgan fingerprint density at radius 1 is 1.25 bits per heavy atom. The van der Waals surface area contributed by atoms with Gasteiger partial charge in [-0.15, -0.1) is 0 Å². The summed E-state index contributed by atoms with van der Waals surface area (Å²) in [7, 11) is 1.65. The van der Waals surface area contributed by atoms with Crippen LogP contribution >= 0.6 is 0 Å². The highest BCUT2D eigenvalue weighted by Gasteiger charge is 2.33. The molecule has 1 atom stereocenters. The summed E-state index contributed by atoms with van der Waals surface area (Å²) >= 11 is 0. The van der Waals surface area contributed by atoms with Crippen molar-refractivity contribution in [3.63, 3.8) is 0 Å². The topological polar surface area (TPSA) is 45.9 Å². The Kier molecular flexibility index (Phi) is 4.29. The zero-order valence-electron chi connectivity index (χ0n) is 14.2. The number of para-hydroxylation sites is 1. The van der Waals surface area contributed by atoms with E-state index in [0.717, 1.165) is 36.2 Å². The molecule has 0 saturated carbocycles. The fraction of sp³-hybridized carbons (Fsp3) is 0.526. The van der Waals surface area contributed by atoms with Crippen LogP contribution in [-0.2, 0) is 11.3 Å². The van der Waals surface area contributed by atoms with Gasteiger partial charge < -0.3 is 14.1 Å². The van der Waals surface area contributed by atoms with Crippen molar-refractivity contribution in [1.29, 1.82) is 0 Å². The van der Waals surface area contributed by atoms with Gasteiger partial charge in [0.15, 0.2) is 5.76 Å². The number of benzene rings is 1. The van der Waals surface area contributed by atoms with Crippen molar-refractivity contribution in [3.05, 3.63) is 35.6 Å². The number of methoxy groups -OCH3 is 1. The molecule has 3 heterocycles. The van der Waals surface area contributed by atoms with Crippen LogP contribution in [0.15, 0.2) is 28.7 Å². The molecule has 2 aliphatic heterocycles. The van der Waals surface area contributed by atoms with E-state index in [-0.39, 0.29) is 5.91 Å². The predicted molar refractivity (Wildman–Crippen MR) is 92.0 cm³/mol. The van der Waals surface area contributed by atoms with Crippen molar-refractivity contribution in [1.82, 2.24) is 9.80 Å². The fourth-order valence-electron chi connectivity index (χ4n) is 4.04.